The SMILES string of the molecule is O=S(=O)(N1CCOCC1)N1C[C@@H](CO)[C@@H](c2ccsc2)C1. The van der Waals surface area contributed by atoms with Crippen LogP contribution in [0.4, 0.5) is 0 Å². The van der Waals surface area contributed by atoms with Crippen molar-refractivity contribution in [2.45, 2.75) is 5.92 Å². The lowest BCUT2D eigenvalue weighted by atomic mass is 9.92. The van der Waals surface area contributed by atoms with E-state index in [4.69, 9.17) is 4.74 Å². The number of nitrogens with zero attached hydrogens (tertiary/aromatic N) is 2. The summed E-state index contributed by atoms with van der Waals surface area (Å²) in [6, 6.07) is 2.02. The maximum atomic E-state index is 12.7. The zero-order valence-corrected chi connectivity index (χ0v) is 13.4. The minimum atomic E-state index is -3.45. The molecule has 0 saturated carbocycles. The largest absolute Gasteiger partial charge is 0.396 e. The number of hydrogen-bond acceptors (Lipinski definition) is 5. The fraction of sp³-hybridized carbons (Fsp3) is 0.692. The van der Waals surface area contributed by atoms with Gasteiger partial charge < -0.3 is 9.84 Å². The highest BCUT2D eigenvalue weighted by Crippen LogP contribution is 2.35. The summed E-state index contributed by atoms with van der Waals surface area (Å²) in [7, 11) is -3.45. The second-order valence-electron chi connectivity index (χ2n) is 5.44. The molecule has 0 bridgehead atoms. The zero-order chi connectivity index (χ0) is 14.9. The summed E-state index contributed by atoms with van der Waals surface area (Å²) in [6.07, 6.45) is 0. The van der Waals surface area contributed by atoms with Crippen molar-refractivity contribution in [2.24, 2.45) is 5.92 Å². The molecule has 3 heterocycles. The van der Waals surface area contributed by atoms with E-state index >= 15 is 0 Å². The molecular weight excluding hydrogens is 312 g/mol. The third-order valence-electron chi connectivity index (χ3n) is 4.24. The second kappa shape index (κ2) is 6.31. The Morgan fingerprint density at radius 3 is 2.67 bits per heavy atom. The molecule has 0 amide bonds. The van der Waals surface area contributed by atoms with Crippen LogP contribution in [0.5, 0.6) is 0 Å². The molecule has 2 aliphatic rings. The van der Waals surface area contributed by atoms with E-state index in [0.717, 1.165) is 5.56 Å². The first-order valence-electron chi connectivity index (χ1n) is 7.09. The summed E-state index contributed by atoms with van der Waals surface area (Å²) in [4.78, 5) is 0. The molecule has 21 heavy (non-hydrogen) atoms. The van der Waals surface area contributed by atoms with Gasteiger partial charge in [-0.1, -0.05) is 0 Å². The van der Waals surface area contributed by atoms with Crippen LogP contribution in [0, 0.1) is 5.92 Å². The van der Waals surface area contributed by atoms with Gasteiger partial charge in [-0.2, -0.15) is 28.4 Å². The van der Waals surface area contributed by atoms with Crippen molar-refractivity contribution in [1.29, 1.82) is 0 Å². The van der Waals surface area contributed by atoms with Crippen molar-refractivity contribution < 1.29 is 18.3 Å². The van der Waals surface area contributed by atoms with Crippen LogP contribution in [0.15, 0.2) is 16.8 Å². The number of thiophene rings is 1. The van der Waals surface area contributed by atoms with Crippen LogP contribution in [-0.4, -0.2) is 68.1 Å². The smallest absolute Gasteiger partial charge is 0.282 e. The fourth-order valence-corrected chi connectivity index (χ4v) is 5.40. The van der Waals surface area contributed by atoms with Crippen LogP contribution in [0.1, 0.15) is 11.5 Å². The van der Waals surface area contributed by atoms with E-state index in [9.17, 15) is 13.5 Å². The van der Waals surface area contributed by atoms with Gasteiger partial charge in [0.15, 0.2) is 0 Å². The Hall–Kier alpha value is -0.510. The first kappa shape index (κ1) is 15.4. The van der Waals surface area contributed by atoms with E-state index in [1.54, 1.807) is 11.3 Å². The highest BCUT2D eigenvalue weighted by Gasteiger charge is 2.41. The van der Waals surface area contributed by atoms with Crippen LogP contribution >= 0.6 is 11.3 Å². The Bertz CT molecular complexity index is 555. The number of hydrogen-bond donors (Lipinski definition) is 1. The van der Waals surface area contributed by atoms with Gasteiger partial charge in [-0.15, -0.1) is 0 Å². The molecule has 0 aliphatic carbocycles. The monoisotopic (exact) mass is 332 g/mol. The average molecular weight is 332 g/mol. The van der Waals surface area contributed by atoms with Crippen molar-refractivity contribution in [3.8, 4) is 0 Å². The number of ether oxygens (including phenoxy) is 1. The third kappa shape index (κ3) is 3.01. The zero-order valence-electron chi connectivity index (χ0n) is 11.7. The molecule has 0 aromatic carbocycles. The van der Waals surface area contributed by atoms with Gasteiger partial charge in [0, 0.05) is 44.6 Å². The molecule has 0 radical (unpaired) electrons. The Morgan fingerprint density at radius 2 is 2.05 bits per heavy atom. The predicted molar refractivity (Wildman–Crippen MR) is 80.5 cm³/mol. The first-order chi connectivity index (χ1) is 10.1. The molecule has 2 saturated heterocycles. The van der Waals surface area contributed by atoms with Gasteiger partial charge in [0.1, 0.15) is 0 Å². The summed E-state index contributed by atoms with van der Waals surface area (Å²) in [5.74, 6) is 0.0486. The molecule has 3 rings (SSSR count). The van der Waals surface area contributed by atoms with Crippen LogP contribution in [0.3, 0.4) is 0 Å². The van der Waals surface area contributed by atoms with Gasteiger partial charge >= 0.3 is 0 Å². The number of morpholine rings is 1. The third-order valence-corrected chi connectivity index (χ3v) is 6.91. The molecule has 1 aromatic heterocycles. The lowest BCUT2D eigenvalue weighted by Gasteiger charge is -2.30. The van der Waals surface area contributed by atoms with Crippen LogP contribution < -0.4 is 0 Å². The number of rotatable bonds is 4. The molecule has 118 valence electrons. The van der Waals surface area contributed by atoms with E-state index in [2.05, 4.69) is 0 Å². The summed E-state index contributed by atoms with van der Waals surface area (Å²) >= 11 is 1.60. The summed E-state index contributed by atoms with van der Waals surface area (Å²) in [5, 5.41) is 13.6. The molecule has 0 unspecified atom stereocenters. The van der Waals surface area contributed by atoms with Crippen molar-refractivity contribution in [1.82, 2.24) is 8.61 Å². The van der Waals surface area contributed by atoms with Crippen LogP contribution in [-0.2, 0) is 14.9 Å². The standard InChI is InChI=1S/C13H20N2O4S2/c16-9-12-7-15(8-13(12)11-1-6-20-10-11)21(17,18)14-2-4-19-5-3-14/h1,6,10,12-13,16H,2-5,7-9H2/t12-,13+/m0/s1. The van der Waals surface area contributed by atoms with Crippen LogP contribution in [0.25, 0.3) is 0 Å². The average Bonchev–Trinajstić information content (AvgIpc) is 3.17. The molecule has 0 spiro atoms. The molecule has 2 atom stereocenters. The van der Waals surface area contributed by atoms with Crippen molar-refractivity contribution in [2.75, 3.05) is 46.0 Å². The molecule has 8 heteroatoms. The molecule has 2 fully saturated rings. The highest BCUT2D eigenvalue weighted by molar-refractivity contribution is 7.86. The molecule has 1 aromatic rings. The van der Waals surface area contributed by atoms with E-state index in [1.165, 1.54) is 8.61 Å². The van der Waals surface area contributed by atoms with Crippen molar-refractivity contribution in [3.63, 3.8) is 0 Å². The molecule has 1 N–H and O–H groups in total. The van der Waals surface area contributed by atoms with E-state index in [0.29, 0.717) is 39.4 Å². The topological polar surface area (TPSA) is 70.1 Å². The number of aliphatic hydroxyl groups is 1. The summed E-state index contributed by atoms with van der Waals surface area (Å²) in [6.45, 7) is 2.56. The number of aliphatic hydroxyl groups excluding tert-OH is 1. The van der Waals surface area contributed by atoms with Gasteiger partial charge in [-0.25, -0.2) is 0 Å². The Balaban J connectivity index is 1.77. The minimum Gasteiger partial charge on any atom is -0.396 e. The summed E-state index contributed by atoms with van der Waals surface area (Å²) in [5.41, 5.74) is 1.12. The lowest BCUT2D eigenvalue weighted by Crippen LogP contribution is -2.48. The Labute approximate surface area is 129 Å². The predicted octanol–water partition coefficient (Wildman–Crippen LogP) is 0.333. The minimum absolute atomic E-state index is 0.00957. The van der Waals surface area contributed by atoms with Gasteiger partial charge in [0.05, 0.1) is 13.2 Å². The van der Waals surface area contributed by atoms with E-state index in [1.807, 2.05) is 16.8 Å². The molecule has 2 aliphatic heterocycles. The molecular formula is C13H20N2O4S2. The highest BCUT2D eigenvalue weighted by atomic mass is 32.2. The van der Waals surface area contributed by atoms with Gasteiger partial charge in [0.2, 0.25) is 0 Å². The van der Waals surface area contributed by atoms with Gasteiger partial charge in [-0.05, 0) is 22.4 Å². The fourth-order valence-electron chi connectivity index (χ4n) is 3.01. The normalized spacial score (nSPS) is 29.0. The van der Waals surface area contributed by atoms with Gasteiger partial charge in [0.25, 0.3) is 10.2 Å². The lowest BCUT2D eigenvalue weighted by molar-refractivity contribution is 0.0704. The Morgan fingerprint density at radius 1 is 1.29 bits per heavy atom. The van der Waals surface area contributed by atoms with Crippen molar-refractivity contribution in [3.05, 3.63) is 22.4 Å². The van der Waals surface area contributed by atoms with Crippen LogP contribution in [0.2, 0.25) is 0 Å². The first-order valence-corrected chi connectivity index (χ1v) is 9.43. The van der Waals surface area contributed by atoms with Crippen molar-refractivity contribution >= 4 is 21.5 Å². The maximum absolute atomic E-state index is 12.7. The molecule has 6 nitrogen and oxygen atoms in total. The van der Waals surface area contributed by atoms with E-state index in [-0.39, 0.29) is 18.4 Å². The van der Waals surface area contributed by atoms with E-state index < -0.39 is 10.2 Å². The Kier molecular flexibility index (Phi) is 4.63. The maximum Gasteiger partial charge on any atom is 0.282 e. The second-order valence-corrected chi connectivity index (χ2v) is 8.15. The quantitative estimate of drug-likeness (QED) is 0.863. The van der Waals surface area contributed by atoms with Gasteiger partial charge in [-0.3, -0.25) is 0 Å². The summed E-state index contributed by atoms with van der Waals surface area (Å²) < 4.78 is 33.6.